The number of pyridine rings is 1. The summed E-state index contributed by atoms with van der Waals surface area (Å²) < 4.78 is 11.0. The fraction of sp³-hybridized carbons (Fsp3) is 0.548. The van der Waals surface area contributed by atoms with E-state index in [-0.39, 0.29) is 63.8 Å². The molecule has 0 saturated carbocycles. The molecule has 3 heterocycles. The first kappa shape index (κ1) is 33.4. The summed E-state index contributed by atoms with van der Waals surface area (Å²) in [5.41, 5.74) is 0.420. The van der Waals surface area contributed by atoms with E-state index in [1.807, 2.05) is 0 Å². The van der Waals surface area contributed by atoms with Crippen LogP contribution in [0, 0.1) is 0 Å². The number of carbonyl (C=O) groups is 5. The minimum Gasteiger partial charge on any atom is -0.483 e. The maximum Gasteiger partial charge on any atom is 0.409 e. The van der Waals surface area contributed by atoms with Gasteiger partial charge in [-0.25, -0.2) is 9.78 Å². The Bertz CT molecular complexity index is 1390. The van der Waals surface area contributed by atoms with E-state index in [1.165, 1.54) is 15.9 Å². The maximum absolute atomic E-state index is 13.5. The summed E-state index contributed by atoms with van der Waals surface area (Å²) in [4.78, 5) is 74.8. The molecule has 2 N–H and O–H groups in total. The summed E-state index contributed by atoms with van der Waals surface area (Å²) in [6.07, 6.45) is -0.934. The molecule has 1 atom stereocenters. The standard InChI is InChI=1S/C31H42N6O8/c1-4-44-31(43)37-17-15-36(16-18-37)30(42)24(9-10-28(39)40)33-29(41)25-19-26(22-7-5-6-8-23(22)32-25)45-20-27(38)35-13-11-34(12-14-35)21(2)3/h5-8,19,21,24H,4,9-18,20H2,1-3H3,(H,33,41)(H,39,40). The lowest BCUT2D eigenvalue weighted by Crippen LogP contribution is -2.56. The summed E-state index contributed by atoms with van der Waals surface area (Å²) in [5, 5.41) is 12.6. The number of aromatic nitrogens is 1. The molecule has 2 aliphatic rings. The van der Waals surface area contributed by atoms with E-state index >= 15 is 0 Å². The van der Waals surface area contributed by atoms with E-state index in [4.69, 9.17) is 9.47 Å². The van der Waals surface area contributed by atoms with Gasteiger partial charge in [0.15, 0.2) is 6.61 Å². The number of nitrogens with zero attached hydrogens (tertiary/aromatic N) is 5. The number of nitrogens with one attached hydrogen (secondary N) is 1. The molecule has 2 aliphatic heterocycles. The molecule has 1 aromatic heterocycles. The first-order valence-corrected chi connectivity index (χ1v) is 15.3. The molecule has 244 valence electrons. The number of fused-ring (bicyclic) bond motifs is 1. The fourth-order valence-corrected chi connectivity index (χ4v) is 5.40. The van der Waals surface area contributed by atoms with Gasteiger partial charge in [0.05, 0.1) is 12.1 Å². The van der Waals surface area contributed by atoms with Crippen molar-refractivity contribution in [3.63, 3.8) is 0 Å². The predicted molar refractivity (Wildman–Crippen MR) is 164 cm³/mol. The van der Waals surface area contributed by atoms with E-state index in [0.717, 1.165) is 13.1 Å². The zero-order chi connectivity index (χ0) is 32.5. The van der Waals surface area contributed by atoms with E-state index in [9.17, 15) is 29.1 Å². The molecule has 2 fully saturated rings. The average molecular weight is 627 g/mol. The molecule has 0 spiro atoms. The molecular formula is C31H42N6O8. The highest BCUT2D eigenvalue weighted by atomic mass is 16.6. The third-order valence-corrected chi connectivity index (χ3v) is 8.03. The van der Waals surface area contributed by atoms with E-state index in [1.54, 1.807) is 36.1 Å². The molecule has 1 aromatic carbocycles. The van der Waals surface area contributed by atoms with Crippen molar-refractivity contribution in [1.29, 1.82) is 0 Å². The molecule has 0 bridgehead atoms. The number of piperazine rings is 2. The van der Waals surface area contributed by atoms with Crippen molar-refractivity contribution >= 4 is 40.7 Å². The van der Waals surface area contributed by atoms with Gasteiger partial charge in [-0.2, -0.15) is 0 Å². The summed E-state index contributed by atoms with van der Waals surface area (Å²) in [6.45, 7) is 9.70. The topological polar surface area (TPSA) is 162 Å². The Hall–Kier alpha value is -4.46. The van der Waals surface area contributed by atoms with Crippen molar-refractivity contribution < 1.29 is 38.6 Å². The van der Waals surface area contributed by atoms with Crippen molar-refractivity contribution in [2.45, 2.75) is 45.7 Å². The minimum atomic E-state index is -1.13. The van der Waals surface area contributed by atoms with Gasteiger partial charge in [0.1, 0.15) is 17.5 Å². The second-order valence-electron chi connectivity index (χ2n) is 11.3. The highest BCUT2D eigenvalue weighted by molar-refractivity contribution is 5.99. The van der Waals surface area contributed by atoms with Gasteiger partial charge in [0, 0.05) is 76.3 Å². The second-order valence-corrected chi connectivity index (χ2v) is 11.3. The zero-order valence-corrected chi connectivity index (χ0v) is 26.1. The van der Waals surface area contributed by atoms with Crippen LogP contribution in [0.5, 0.6) is 5.75 Å². The third kappa shape index (κ3) is 8.81. The highest BCUT2D eigenvalue weighted by Gasteiger charge is 2.31. The molecule has 1 unspecified atom stereocenters. The second kappa shape index (κ2) is 15.5. The van der Waals surface area contributed by atoms with Crippen molar-refractivity contribution in [2.24, 2.45) is 0 Å². The van der Waals surface area contributed by atoms with Gasteiger partial charge < -0.3 is 34.6 Å². The first-order chi connectivity index (χ1) is 21.6. The zero-order valence-electron chi connectivity index (χ0n) is 26.1. The third-order valence-electron chi connectivity index (χ3n) is 8.03. The number of ether oxygens (including phenoxy) is 2. The van der Waals surface area contributed by atoms with Gasteiger partial charge in [-0.15, -0.1) is 0 Å². The van der Waals surface area contributed by atoms with Crippen LogP contribution < -0.4 is 10.1 Å². The Morgan fingerprint density at radius 2 is 1.58 bits per heavy atom. The Kier molecular flexibility index (Phi) is 11.5. The normalized spacial score (nSPS) is 16.4. The van der Waals surface area contributed by atoms with Crippen LogP contribution >= 0.6 is 0 Å². The number of amides is 4. The largest absolute Gasteiger partial charge is 0.483 e. The van der Waals surface area contributed by atoms with Crippen LogP contribution in [0.4, 0.5) is 4.79 Å². The number of rotatable bonds is 11. The SMILES string of the molecule is CCOC(=O)N1CCN(C(=O)C(CCC(=O)O)NC(=O)c2cc(OCC(=O)N3CCN(C(C)C)CC3)c3ccccc3n2)CC1. The summed E-state index contributed by atoms with van der Waals surface area (Å²) in [7, 11) is 0. The molecule has 0 radical (unpaired) electrons. The Labute approximate surface area is 262 Å². The van der Waals surface area contributed by atoms with Gasteiger partial charge in [-0.05, 0) is 39.3 Å². The van der Waals surface area contributed by atoms with Crippen LogP contribution in [0.25, 0.3) is 10.9 Å². The monoisotopic (exact) mass is 626 g/mol. The lowest BCUT2D eigenvalue weighted by molar-refractivity contribution is -0.138. The molecule has 45 heavy (non-hydrogen) atoms. The predicted octanol–water partition coefficient (Wildman–Crippen LogP) is 1.43. The summed E-state index contributed by atoms with van der Waals surface area (Å²) in [5.74, 6) is -2.11. The number of benzene rings is 1. The van der Waals surface area contributed by atoms with Crippen molar-refractivity contribution in [3.05, 3.63) is 36.0 Å². The molecule has 14 heteroatoms. The number of carboxylic acids is 1. The van der Waals surface area contributed by atoms with Crippen LogP contribution in [0.2, 0.25) is 0 Å². The van der Waals surface area contributed by atoms with Crippen LogP contribution in [0.3, 0.4) is 0 Å². The van der Waals surface area contributed by atoms with E-state index in [0.29, 0.717) is 35.8 Å². The molecule has 2 aromatic rings. The number of aliphatic carboxylic acids is 1. The van der Waals surface area contributed by atoms with Crippen LogP contribution in [0.15, 0.2) is 30.3 Å². The Balaban J connectivity index is 1.46. The number of carbonyl (C=O) groups excluding carboxylic acids is 4. The molecule has 4 amide bonds. The summed E-state index contributed by atoms with van der Waals surface area (Å²) >= 11 is 0. The van der Waals surface area contributed by atoms with Gasteiger partial charge in [0.2, 0.25) is 5.91 Å². The van der Waals surface area contributed by atoms with Crippen LogP contribution in [-0.4, -0.2) is 137 Å². The van der Waals surface area contributed by atoms with Crippen LogP contribution in [0.1, 0.15) is 44.1 Å². The number of hydrogen-bond donors (Lipinski definition) is 2. The smallest absolute Gasteiger partial charge is 0.409 e. The average Bonchev–Trinajstić information content (AvgIpc) is 3.04. The fourth-order valence-electron chi connectivity index (χ4n) is 5.40. The highest BCUT2D eigenvalue weighted by Crippen LogP contribution is 2.26. The number of para-hydroxylation sites is 1. The first-order valence-electron chi connectivity index (χ1n) is 15.3. The van der Waals surface area contributed by atoms with Gasteiger partial charge in [-0.3, -0.25) is 24.1 Å². The molecule has 4 rings (SSSR count). The molecular weight excluding hydrogens is 584 g/mol. The molecule has 2 saturated heterocycles. The Morgan fingerprint density at radius 1 is 0.933 bits per heavy atom. The van der Waals surface area contributed by atoms with Crippen molar-refractivity contribution in [2.75, 3.05) is 65.6 Å². The van der Waals surface area contributed by atoms with E-state index in [2.05, 4.69) is 29.0 Å². The lowest BCUT2D eigenvalue weighted by Gasteiger charge is -2.36. The van der Waals surface area contributed by atoms with Gasteiger partial charge in [0.25, 0.3) is 11.8 Å². The Morgan fingerprint density at radius 3 is 2.22 bits per heavy atom. The lowest BCUT2D eigenvalue weighted by atomic mass is 10.1. The van der Waals surface area contributed by atoms with Crippen molar-refractivity contribution in [3.8, 4) is 5.75 Å². The van der Waals surface area contributed by atoms with Crippen LogP contribution in [-0.2, 0) is 19.1 Å². The molecule has 14 nitrogen and oxygen atoms in total. The quantitative estimate of drug-likeness (QED) is 0.373. The number of hydrogen-bond acceptors (Lipinski definition) is 9. The van der Waals surface area contributed by atoms with Gasteiger partial charge >= 0.3 is 12.1 Å². The summed E-state index contributed by atoms with van der Waals surface area (Å²) in [6, 6.07) is 7.75. The number of carboxylic acid groups (broad SMARTS) is 1. The molecule has 0 aliphatic carbocycles. The van der Waals surface area contributed by atoms with E-state index < -0.39 is 29.9 Å². The maximum atomic E-state index is 13.5. The van der Waals surface area contributed by atoms with Gasteiger partial charge in [-0.1, -0.05) is 12.1 Å². The van der Waals surface area contributed by atoms with Crippen molar-refractivity contribution in [1.82, 2.24) is 29.9 Å². The minimum absolute atomic E-state index is 0.0399.